The highest BCUT2D eigenvalue weighted by Crippen LogP contribution is 2.31. The molecule has 1 saturated heterocycles. The molecule has 0 radical (unpaired) electrons. The molecule has 6 heteroatoms. The van der Waals surface area contributed by atoms with Crippen LogP contribution in [0, 0.1) is 6.92 Å². The number of benzene rings is 1. The van der Waals surface area contributed by atoms with Gasteiger partial charge in [-0.3, -0.25) is 0 Å². The van der Waals surface area contributed by atoms with Gasteiger partial charge < -0.3 is 5.32 Å². The van der Waals surface area contributed by atoms with Gasteiger partial charge in [0.2, 0.25) is 10.0 Å². The fraction of sp³-hybridized carbons (Fsp3) is 0.571. The van der Waals surface area contributed by atoms with Crippen molar-refractivity contribution >= 4 is 21.6 Å². The summed E-state index contributed by atoms with van der Waals surface area (Å²) in [7, 11) is -1.63. The Morgan fingerprint density at radius 3 is 2.70 bits per heavy atom. The van der Waals surface area contributed by atoms with Crippen LogP contribution in [0.25, 0.3) is 0 Å². The Kier molecular flexibility index (Phi) is 4.74. The monoisotopic (exact) mass is 316 g/mol. The molecule has 0 saturated carbocycles. The van der Waals surface area contributed by atoms with Crippen LogP contribution in [-0.4, -0.2) is 32.4 Å². The maximum Gasteiger partial charge on any atom is 0.243 e. The predicted molar refractivity (Wildman–Crippen MR) is 81.5 cm³/mol. The van der Waals surface area contributed by atoms with Crippen molar-refractivity contribution in [2.45, 2.75) is 44.2 Å². The maximum atomic E-state index is 12.8. The number of nitrogens with zero attached hydrogens (tertiary/aromatic N) is 1. The van der Waals surface area contributed by atoms with Gasteiger partial charge in [-0.2, -0.15) is 4.31 Å². The first-order valence-electron chi connectivity index (χ1n) is 6.83. The lowest BCUT2D eigenvalue weighted by molar-refractivity contribution is 0.408. The highest BCUT2D eigenvalue weighted by molar-refractivity contribution is 7.89. The third-order valence-electron chi connectivity index (χ3n) is 3.88. The molecule has 1 unspecified atom stereocenters. The van der Waals surface area contributed by atoms with Crippen LogP contribution in [-0.2, 0) is 16.6 Å². The molecule has 1 atom stereocenters. The molecule has 0 aromatic heterocycles. The van der Waals surface area contributed by atoms with Gasteiger partial charge in [-0.15, -0.1) is 0 Å². The zero-order valence-corrected chi connectivity index (χ0v) is 13.7. The Balaban J connectivity index is 2.51. The third kappa shape index (κ3) is 2.86. The molecule has 0 spiro atoms. The molecule has 4 nitrogen and oxygen atoms in total. The van der Waals surface area contributed by atoms with Gasteiger partial charge in [-0.05, 0) is 57.0 Å². The largest absolute Gasteiger partial charge is 0.316 e. The summed E-state index contributed by atoms with van der Waals surface area (Å²) in [5.74, 6) is 0. The summed E-state index contributed by atoms with van der Waals surface area (Å²) in [4.78, 5) is 0.337. The first-order chi connectivity index (χ1) is 9.37. The lowest BCUT2D eigenvalue weighted by atomic mass is 10.1. The Hall–Kier alpha value is -0.620. The van der Waals surface area contributed by atoms with E-state index in [0.29, 0.717) is 23.0 Å². The second kappa shape index (κ2) is 6.02. The molecule has 1 aromatic carbocycles. The predicted octanol–water partition coefficient (Wildman–Crippen LogP) is 2.54. The molecule has 1 fully saturated rings. The van der Waals surface area contributed by atoms with E-state index in [0.717, 1.165) is 24.0 Å². The molecule has 112 valence electrons. The van der Waals surface area contributed by atoms with E-state index in [-0.39, 0.29) is 6.04 Å². The minimum Gasteiger partial charge on any atom is -0.316 e. The van der Waals surface area contributed by atoms with Crippen molar-refractivity contribution in [3.8, 4) is 0 Å². The SMILES string of the molecule is CNCc1cc(Cl)cc(S(=O)(=O)N2CCCC2C)c1C. The zero-order chi connectivity index (χ0) is 14.9. The summed E-state index contributed by atoms with van der Waals surface area (Å²) in [5, 5.41) is 3.51. The standard InChI is InChI=1S/C14H21ClN2O2S/c1-10-5-4-6-17(10)20(18,19)14-8-13(15)7-12(9-16-3)11(14)2/h7-8,10,16H,4-6,9H2,1-3H3. The highest BCUT2D eigenvalue weighted by atomic mass is 35.5. The molecule has 1 N–H and O–H groups in total. The summed E-state index contributed by atoms with van der Waals surface area (Å²) < 4.78 is 27.2. The molecule has 1 heterocycles. The highest BCUT2D eigenvalue weighted by Gasteiger charge is 2.34. The van der Waals surface area contributed by atoms with Crippen molar-refractivity contribution in [2.24, 2.45) is 0 Å². The summed E-state index contributed by atoms with van der Waals surface area (Å²) >= 11 is 6.10. The van der Waals surface area contributed by atoms with Crippen LogP contribution < -0.4 is 5.32 Å². The van der Waals surface area contributed by atoms with Gasteiger partial charge in [0, 0.05) is 24.2 Å². The number of halogens is 1. The van der Waals surface area contributed by atoms with Gasteiger partial charge in [0.05, 0.1) is 4.90 Å². The van der Waals surface area contributed by atoms with E-state index in [1.165, 1.54) is 0 Å². The number of hydrogen-bond donors (Lipinski definition) is 1. The van der Waals surface area contributed by atoms with E-state index in [9.17, 15) is 8.42 Å². The lowest BCUT2D eigenvalue weighted by Crippen LogP contribution is -2.34. The van der Waals surface area contributed by atoms with E-state index in [1.807, 2.05) is 27.0 Å². The van der Waals surface area contributed by atoms with Crippen molar-refractivity contribution in [2.75, 3.05) is 13.6 Å². The molecule has 1 aliphatic rings. The van der Waals surface area contributed by atoms with Crippen molar-refractivity contribution in [3.63, 3.8) is 0 Å². The van der Waals surface area contributed by atoms with Gasteiger partial charge in [0.15, 0.2) is 0 Å². The Morgan fingerprint density at radius 2 is 2.15 bits per heavy atom. The van der Waals surface area contributed by atoms with Gasteiger partial charge in [-0.25, -0.2) is 8.42 Å². The summed E-state index contributed by atoms with van der Waals surface area (Å²) in [6.45, 7) is 5.00. The molecule has 2 rings (SSSR count). The van der Waals surface area contributed by atoms with E-state index in [4.69, 9.17) is 11.6 Å². The third-order valence-corrected chi connectivity index (χ3v) is 6.24. The quantitative estimate of drug-likeness (QED) is 0.928. The fourth-order valence-corrected chi connectivity index (χ4v) is 5.04. The Bertz CT molecular complexity index is 601. The fourth-order valence-electron chi connectivity index (χ4n) is 2.74. The molecular formula is C14H21ClN2O2S. The minimum absolute atomic E-state index is 0.0612. The van der Waals surface area contributed by atoms with Crippen LogP contribution in [0.15, 0.2) is 17.0 Å². The second-order valence-electron chi connectivity index (χ2n) is 5.33. The number of rotatable bonds is 4. The van der Waals surface area contributed by atoms with Crippen LogP contribution in [0.4, 0.5) is 0 Å². The summed E-state index contributed by atoms with van der Waals surface area (Å²) in [6, 6.07) is 3.45. The first kappa shape index (κ1) is 15.8. The van der Waals surface area contributed by atoms with E-state index in [2.05, 4.69) is 5.32 Å². The summed E-state index contributed by atoms with van der Waals surface area (Å²) in [6.07, 6.45) is 1.84. The zero-order valence-electron chi connectivity index (χ0n) is 12.1. The van der Waals surface area contributed by atoms with Crippen molar-refractivity contribution in [1.29, 1.82) is 0 Å². The normalized spacial score (nSPS) is 20.5. The Morgan fingerprint density at radius 1 is 1.45 bits per heavy atom. The van der Waals surface area contributed by atoms with Gasteiger partial charge in [-0.1, -0.05) is 11.6 Å². The smallest absolute Gasteiger partial charge is 0.243 e. The van der Waals surface area contributed by atoms with Crippen molar-refractivity contribution in [3.05, 3.63) is 28.3 Å². The molecule has 0 amide bonds. The number of sulfonamides is 1. The maximum absolute atomic E-state index is 12.8. The van der Waals surface area contributed by atoms with E-state index in [1.54, 1.807) is 10.4 Å². The number of hydrogen-bond acceptors (Lipinski definition) is 3. The molecule has 0 aliphatic carbocycles. The van der Waals surface area contributed by atoms with Crippen LogP contribution in [0.2, 0.25) is 5.02 Å². The van der Waals surface area contributed by atoms with Crippen LogP contribution in [0.1, 0.15) is 30.9 Å². The van der Waals surface area contributed by atoms with Crippen molar-refractivity contribution < 1.29 is 8.42 Å². The molecule has 1 aliphatic heterocycles. The average molecular weight is 317 g/mol. The minimum atomic E-state index is -3.46. The summed E-state index contributed by atoms with van der Waals surface area (Å²) in [5.41, 5.74) is 1.70. The van der Waals surface area contributed by atoms with Crippen LogP contribution in [0.3, 0.4) is 0 Å². The van der Waals surface area contributed by atoms with Gasteiger partial charge >= 0.3 is 0 Å². The molecule has 0 bridgehead atoms. The first-order valence-corrected chi connectivity index (χ1v) is 8.65. The topological polar surface area (TPSA) is 49.4 Å². The lowest BCUT2D eigenvalue weighted by Gasteiger charge is -2.23. The van der Waals surface area contributed by atoms with Gasteiger partial charge in [0.25, 0.3) is 0 Å². The van der Waals surface area contributed by atoms with E-state index >= 15 is 0 Å². The molecular weight excluding hydrogens is 296 g/mol. The number of nitrogens with one attached hydrogen (secondary N) is 1. The molecule has 1 aromatic rings. The van der Waals surface area contributed by atoms with Crippen LogP contribution >= 0.6 is 11.6 Å². The van der Waals surface area contributed by atoms with E-state index < -0.39 is 10.0 Å². The average Bonchev–Trinajstić information content (AvgIpc) is 2.80. The van der Waals surface area contributed by atoms with Gasteiger partial charge in [0.1, 0.15) is 0 Å². The van der Waals surface area contributed by atoms with Crippen LogP contribution in [0.5, 0.6) is 0 Å². The Labute approximate surface area is 126 Å². The molecule has 20 heavy (non-hydrogen) atoms. The van der Waals surface area contributed by atoms with Crippen molar-refractivity contribution in [1.82, 2.24) is 9.62 Å². The second-order valence-corrected chi connectivity index (χ2v) is 7.62.